The Morgan fingerprint density at radius 2 is 1.86 bits per heavy atom. The minimum Gasteiger partial charge on any atom is -0.370 e. The zero-order chi connectivity index (χ0) is 16.6. The summed E-state index contributed by atoms with van der Waals surface area (Å²) in [6.45, 7) is 8.61. The van der Waals surface area contributed by atoms with Gasteiger partial charge in [0.1, 0.15) is 0 Å². The molecule has 0 atom stereocenters. The van der Waals surface area contributed by atoms with Gasteiger partial charge < -0.3 is 16.4 Å². The molecule has 4 N–H and O–H groups in total. The molecular formula is C14H26N4O2S. The lowest BCUT2D eigenvalue weighted by molar-refractivity contribution is -0.118. The minimum absolute atomic E-state index is 0.213. The van der Waals surface area contributed by atoms with Crippen LogP contribution >= 0.6 is 11.3 Å². The van der Waals surface area contributed by atoms with Crippen molar-refractivity contribution in [1.29, 1.82) is 0 Å². The summed E-state index contributed by atoms with van der Waals surface area (Å²) >= 11 is 1.62. The van der Waals surface area contributed by atoms with Crippen molar-refractivity contribution in [2.75, 3.05) is 7.05 Å². The number of primary amides is 2. The van der Waals surface area contributed by atoms with Gasteiger partial charge in [-0.2, -0.15) is 0 Å². The van der Waals surface area contributed by atoms with Gasteiger partial charge in [-0.1, -0.05) is 27.7 Å². The number of hydrogen-bond acceptors (Lipinski definition) is 4. The Kier molecular flexibility index (Phi) is 8.61. The molecule has 1 aromatic heterocycles. The second-order valence-electron chi connectivity index (χ2n) is 5.59. The molecule has 3 amide bonds. The molecule has 0 saturated heterocycles. The highest BCUT2D eigenvalue weighted by molar-refractivity contribution is 7.09. The Balaban J connectivity index is 0.000000486. The first-order valence-corrected chi connectivity index (χ1v) is 7.74. The maximum absolute atomic E-state index is 10.8. The van der Waals surface area contributed by atoms with Crippen LogP contribution in [-0.4, -0.2) is 28.9 Å². The van der Waals surface area contributed by atoms with Crippen molar-refractivity contribution >= 4 is 23.3 Å². The third-order valence-electron chi connectivity index (χ3n) is 2.45. The van der Waals surface area contributed by atoms with E-state index in [1.165, 1.54) is 4.90 Å². The maximum Gasteiger partial charge on any atom is 0.314 e. The summed E-state index contributed by atoms with van der Waals surface area (Å²) in [5.74, 6) is 0.625. The van der Waals surface area contributed by atoms with Crippen LogP contribution in [0.2, 0.25) is 0 Å². The number of rotatable bonds is 5. The highest BCUT2D eigenvalue weighted by Crippen LogP contribution is 2.19. The van der Waals surface area contributed by atoms with Crippen LogP contribution in [0.25, 0.3) is 0 Å². The van der Waals surface area contributed by atoms with Crippen molar-refractivity contribution in [3.63, 3.8) is 0 Å². The normalized spacial score (nSPS) is 10.2. The first kappa shape index (κ1) is 19.4. The van der Waals surface area contributed by atoms with E-state index >= 15 is 0 Å². The molecule has 6 nitrogen and oxygen atoms in total. The lowest BCUT2D eigenvalue weighted by Gasteiger charge is -2.11. The van der Waals surface area contributed by atoms with Crippen LogP contribution in [0, 0.1) is 5.92 Å². The van der Waals surface area contributed by atoms with E-state index in [1.807, 2.05) is 19.2 Å². The van der Waals surface area contributed by atoms with Crippen LogP contribution < -0.4 is 11.5 Å². The van der Waals surface area contributed by atoms with Crippen LogP contribution in [0.5, 0.6) is 0 Å². The average molecular weight is 314 g/mol. The van der Waals surface area contributed by atoms with E-state index < -0.39 is 6.03 Å². The van der Waals surface area contributed by atoms with Crippen molar-refractivity contribution in [3.05, 3.63) is 16.1 Å². The number of carbonyl (C=O) groups excluding carboxylic acids is 2. The van der Waals surface area contributed by atoms with Crippen molar-refractivity contribution in [1.82, 2.24) is 9.88 Å². The Labute approximate surface area is 130 Å². The molecule has 120 valence electrons. The zero-order valence-corrected chi connectivity index (χ0v) is 14.2. The number of amides is 3. The molecule has 21 heavy (non-hydrogen) atoms. The highest BCUT2D eigenvalue weighted by Gasteiger charge is 2.09. The largest absolute Gasteiger partial charge is 0.370 e. The monoisotopic (exact) mass is 314 g/mol. The molecule has 0 bridgehead atoms. The van der Waals surface area contributed by atoms with Crippen LogP contribution in [0.4, 0.5) is 4.79 Å². The number of urea groups is 1. The van der Waals surface area contributed by atoms with Crippen LogP contribution in [0.15, 0.2) is 5.38 Å². The van der Waals surface area contributed by atoms with E-state index in [2.05, 4.69) is 18.8 Å². The predicted molar refractivity (Wildman–Crippen MR) is 85.9 cm³/mol. The molecule has 0 unspecified atom stereocenters. The minimum atomic E-state index is -0.427. The highest BCUT2D eigenvalue weighted by atomic mass is 32.1. The van der Waals surface area contributed by atoms with Gasteiger partial charge in [0, 0.05) is 24.8 Å². The van der Waals surface area contributed by atoms with Crippen LogP contribution in [0.1, 0.15) is 50.7 Å². The van der Waals surface area contributed by atoms with Crippen molar-refractivity contribution < 1.29 is 9.59 Å². The van der Waals surface area contributed by atoms with E-state index in [-0.39, 0.29) is 5.91 Å². The summed E-state index contributed by atoms with van der Waals surface area (Å²) in [6, 6.07) is -0.427. The Morgan fingerprint density at radius 3 is 2.14 bits per heavy atom. The molecule has 0 saturated carbocycles. The number of thiazole rings is 1. The second-order valence-corrected chi connectivity index (χ2v) is 6.48. The summed E-state index contributed by atoms with van der Waals surface area (Å²) in [5, 5.41) is 3.06. The molecule has 0 aliphatic rings. The van der Waals surface area contributed by atoms with Gasteiger partial charge >= 0.3 is 6.03 Å². The molecule has 7 heteroatoms. The van der Waals surface area contributed by atoms with Crippen molar-refractivity contribution in [3.8, 4) is 0 Å². The smallest absolute Gasteiger partial charge is 0.314 e. The average Bonchev–Trinajstić information content (AvgIpc) is 2.76. The van der Waals surface area contributed by atoms with Gasteiger partial charge in [-0.15, -0.1) is 11.3 Å². The Hall–Kier alpha value is -1.63. The standard InChI is InChI=1S/C9H15N3OS.C5H11NO/c1-6(2)8-11-7(5-14-8)4-12(3)9(10)13;1-4(2)3-5(6)7/h5-6H,4H2,1-3H3,(H2,10,13);4H,3H2,1-2H3,(H2,6,7). The van der Waals surface area contributed by atoms with Gasteiger partial charge in [0.25, 0.3) is 0 Å². The third-order valence-corrected chi connectivity index (χ3v) is 3.64. The molecule has 1 rings (SSSR count). The van der Waals surface area contributed by atoms with Gasteiger partial charge in [-0.3, -0.25) is 4.79 Å². The summed E-state index contributed by atoms with van der Waals surface area (Å²) in [6.07, 6.45) is 0.500. The van der Waals surface area contributed by atoms with Gasteiger partial charge in [0.15, 0.2) is 0 Å². The molecular weight excluding hydrogens is 288 g/mol. The van der Waals surface area contributed by atoms with E-state index in [0.717, 1.165) is 10.7 Å². The molecule has 0 aromatic carbocycles. The van der Waals surface area contributed by atoms with E-state index in [9.17, 15) is 9.59 Å². The molecule has 0 aliphatic heterocycles. The second kappa shape index (κ2) is 9.33. The van der Waals surface area contributed by atoms with Gasteiger partial charge in [-0.25, -0.2) is 9.78 Å². The number of hydrogen-bond donors (Lipinski definition) is 2. The van der Waals surface area contributed by atoms with E-state index in [1.54, 1.807) is 18.4 Å². The lowest BCUT2D eigenvalue weighted by atomic mass is 10.1. The summed E-state index contributed by atoms with van der Waals surface area (Å²) in [4.78, 5) is 26.6. The third kappa shape index (κ3) is 9.01. The summed E-state index contributed by atoms with van der Waals surface area (Å²) < 4.78 is 0. The van der Waals surface area contributed by atoms with E-state index in [4.69, 9.17) is 11.5 Å². The molecule has 0 fully saturated rings. The SMILES string of the molecule is CC(C)CC(N)=O.CC(C)c1nc(CN(C)C(N)=O)cs1. The summed E-state index contributed by atoms with van der Waals surface area (Å²) in [5.41, 5.74) is 10.9. The molecule has 1 heterocycles. The van der Waals surface area contributed by atoms with Crippen LogP contribution in [-0.2, 0) is 11.3 Å². The van der Waals surface area contributed by atoms with Gasteiger partial charge in [0.05, 0.1) is 17.2 Å². The predicted octanol–water partition coefficient (Wildman–Crippen LogP) is 2.29. The summed E-state index contributed by atoms with van der Waals surface area (Å²) in [7, 11) is 1.66. The zero-order valence-electron chi connectivity index (χ0n) is 13.4. The fraction of sp³-hybridized carbons (Fsp3) is 0.643. The van der Waals surface area contributed by atoms with Crippen LogP contribution in [0.3, 0.4) is 0 Å². The van der Waals surface area contributed by atoms with Crippen molar-refractivity contribution in [2.45, 2.75) is 46.6 Å². The number of carbonyl (C=O) groups is 2. The van der Waals surface area contributed by atoms with Crippen molar-refractivity contribution in [2.24, 2.45) is 17.4 Å². The number of nitrogens with zero attached hydrogens (tertiary/aromatic N) is 2. The molecule has 0 radical (unpaired) electrons. The number of aromatic nitrogens is 1. The first-order valence-electron chi connectivity index (χ1n) is 6.86. The van der Waals surface area contributed by atoms with Gasteiger partial charge in [-0.05, 0) is 5.92 Å². The van der Waals surface area contributed by atoms with Gasteiger partial charge in [0.2, 0.25) is 5.91 Å². The molecule has 0 spiro atoms. The fourth-order valence-electron chi connectivity index (χ4n) is 1.38. The number of nitrogens with two attached hydrogens (primary N) is 2. The maximum atomic E-state index is 10.8. The first-order chi connectivity index (χ1) is 9.63. The topological polar surface area (TPSA) is 102 Å². The lowest BCUT2D eigenvalue weighted by Crippen LogP contribution is -2.31. The van der Waals surface area contributed by atoms with E-state index in [0.29, 0.717) is 24.8 Å². The Morgan fingerprint density at radius 1 is 1.29 bits per heavy atom. The quantitative estimate of drug-likeness (QED) is 0.871. The Bertz CT molecular complexity index is 458. The molecule has 1 aromatic rings. The molecule has 0 aliphatic carbocycles. The fourth-order valence-corrected chi connectivity index (χ4v) is 2.21.